The molecule has 3 aromatic rings. The predicted octanol–water partition coefficient (Wildman–Crippen LogP) is 3.19. The van der Waals surface area contributed by atoms with Crippen molar-refractivity contribution in [2.45, 2.75) is 6.54 Å². The Balaban J connectivity index is 2.07. The third-order valence-electron chi connectivity index (χ3n) is 2.34. The lowest BCUT2D eigenvalue weighted by Gasteiger charge is -2.00. The van der Waals surface area contributed by atoms with Gasteiger partial charge in [0, 0.05) is 4.88 Å². The van der Waals surface area contributed by atoms with E-state index in [1.54, 1.807) is 23.7 Å². The Morgan fingerprint density at radius 3 is 3.06 bits per heavy atom. The van der Waals surface area contributed by atoms with E-state index in [-0.39, 0.29) is 0 Å². The Bertz CT molecular complexity index is 615. The van der Waals surface area contributed by atoms with Gasteiger partial charge in [-0.3, -0.25) is 0 Å². The number of rotatable bonds is 2. The SMILES string of the molecule is Clc1ccc2ncn(Cc3cccs3)c2n1. The van der Waals surface area contributed by atoms with Crippen molar-refractivity contribution in [1.82, 2.24) is 14.5 Å². The maximum Gasteiger partial charge on any atom is 0.161 e. The number of hydrogen-bond donors (Lipinski definition) is 0. The molecule has 0 aliphatic rings. The van der Waals surface area contributed by atoms with Crippen LogP contribution in [-0.4, -0.2) is 14.5 Å². The van der Waals surface area contributed by atoms with Gasteiger partial charge in [0.2, 0.25) is 0 Å². The number of nitrogens with zero attached hydrogens (tertiary/aromatic N) is 3. The fraction of sp³-hybridized carbons (Fsp3) is 0.0909. The van der Waals surface area contributed by atoms with Gasteiger partial charge in [0.15, 0.2) is 5.65 Å². The van der Waals surface area contributed by atoms with E-state index in [0.717, 1.165) is 17.7 Å². The molecule has 0 aromatic carbocycles. The number of hydrogen-bond acceptors (Lipinski definition) is 3. The maximum absolute atomic E-state index is 5.88. The van der Waals surface area contributed by atoms with Gasteiger partial charge in [0.1, 0.15) is 10.7 Å². The van der Waals surface area contributed by atoms with Crippen LogP contribution in [0.25, 0.3) is 11.2 Å². The summed E-state index contributed by atoms with van der Waals surface area (Å²) in [5, 5.41) is 2.56. The Kier molecular flexibility index (Phi) is 2.38. The van der Waals surface area contributed by atoms with Gasteiger partial charge in [0.05, 0.1) is 12.9 Å². The zero-order chi connectivity index (χ0) is 11.0. The van der Waals surface area contributed by atoms with E-state index in [4.69, 9.17) is 11.6 Å². The standard InChI is InChI=1S/C11H8ClN3S/c12-10-4-3-9-11(14-10)15(7-13-9)6-8-2-1-5-16-8/h1-5,7H,6H2. The second kappa shape index (κ2) is 3.88. The van der Waals surface area contributed by atoms with Crippen LogP contribution in [0.15, 0.2) is 36.0 Å². The molecule has 0 aliphatic heterocycles. The minimum Gasteiger partial charge on any atom is -0.310 e. The topological polar surface area (TPSA) is 30.7 Å². The highest BCUT2D eigenvalue weighted by atomic mass is 35.5. The maximum atomic E-state index is 5.88. The summed E-state index contributed by atoms with van der Waals surface area (Å²) in [5.74, 6) is 0. The van der Waals surface area contributed by atoms with Gasteiger partial charge in [-0.15, -0.1) is 11.3 Å². The van der Waals surface area contributed by atoms with Gasteiger partial charge >= 0.3 is 0 Å². The summed E-state index contributed by atoms with van der Waals surface area (Å²) in [4.78, 5) is 9.85. The highest BCUT2D eigenvalue weighted by Gasteiger charge is 2.05. The van der Waals surface area contributed by atoms with Crippen LogP contribution in [0.3, 0.4) is 0 Å². The molecule has 3 rings (SSSR count). The van der Waals surface area contributed by atoms with Crippen molar-refractivity contribution in [1.29, 1.82) is 0 Å². The minimum absolute atomic E-state index is 0.500. The Morgan fingerprint density at radius 2 is 2.25 bits per heavy atom. The lowest BCUT2D eigenvalue weighted by atomic mass is 10.4. The molecule has 3 nitrogen and oxygen atoms in total. The van der Waals surface area contributed by atoms with E-state index in [9.17, 15) is 0 Å². The molecule has 0 unspecified atom stereocenters. The average molecular weight is 250 g/mol. The molecule has 0 amide bonds. The Labute approximate surface area is 101 Å². The van der Waals surface area contributed by atoms with Crippen LogP contribution < -0.4 is 0 Å². The largest absolute Gasteiger partial charge is 0.310 e. The number of fused-ring (bicyclic) bond motifs is 1. The van der Waals surface area contributed by atoms with Crippen molar-refractivity contribution in [2.24, 2.45) is 0 Å². The molecule has 0 aliphatic carbocycles. The predicted molar refractivity (Wildman–Crippen MR) is 66.0 cm³/mol. The van der Waals surface area contributed by atoms with E-state index in [2.05, 4.69) is 21.4 Å². The molecule has 3 aromatic heterocycles. The number of thiophene rings is 1. The quantitative estimate of drug-likeness (QED) is 0.653. The summed E-state index contributed by atoms with van der Waals surface area (Å²) in [5.41, 5.74) is 1.71. The molecule has 0 saturated heterocycles. The molecule has 0 saturated carbocycles. The summed E-state index contributed by atoms with van der Waals surface area (Å²) < 4.78 is 2.01. The number of imidazole rings is 1. The molecule has 80 valence electrons. The first-order valence-corrected chi connectivity index (χ1v) is 6.08. The van der Waals surface area contributed by atoms with Gasteiger partial charge in [-0.05, 0) is 23.6 Å². The van der Waals surface area contributed by atoms with Crippen LogP contribution in [0.1, 0.15) is 4.88 Å². The fourth-order valence-electron chi connectivity index (χ4n) is 1.60. The van der Waals surface area contributed by atoms with Crippen molar-refractivity contribution >= 4 is 34.1 Å². The van der Waals surface area contributed by atoms with E-state index in [1.807, 2.05) is 16.7 Å². The first-order valence-electron chi connectivity index (χ1n) is 4.83. The zero-order valence-corrected chi connectivity index (χ0v) is 9.87. The van der Waals surface area contributed by atoms with E-state index < -0.39 is 0 Å². The first kappa shape index (κ1) is 9.81. The molecule has 3 heterocycles. The molecule has 0 atom stereocenters. The summed E-state index contributed by atoms with van der Waals surface area (Å²) in [6.07, 6.45) is 1.80. The summed E-state index contributed by atoms with van der Waals surface area (Å²) in [7, 11) is 0. The Morgan fingerprint density at radius 1 is 1.31 bits per heavy atom. The molecular weight excluding hydrogens is 242 g/mol. The summed E-state index contributed by atoms with van der Waals surface area (Å²) in [6, 6.07) is 7.78. The van der Waals surface area contributed by atoms with Gasteiger partial charge in [-0.25, -0.2) is 9.97 Å². The zero-order valence-electron chi connectivity index (χ0n) is 8.30. The highest BCUT2D eigenvalue weighted by Crippen LogP contribution is 2.17. The van der Waals surface area contributed by atoms with Crippen LogP contribution in [0.4, 0.5) is 0 Å². The third-order valence-corrected chi connectivity index (χ3v) is 3.41. The molecule has 0 N–H and O–H groups in total. The van der Waals surface area contributed by atoms with Crippen molar-refractivity contribution in [3.05, 3.63) is 46.0 Å². The molecule has 5 heteroatoms. The van der Waals surface area contributed by atoms with Crippen LogP contribution in [-0.2, 0) is 6.54 Å². The monoisotopic (exact) mass is 249 g/mol. The lowest BCUT2D eigenvalue weighted by Crippen LogP contribution is -1.97. The molecule has 16 heavy (non-hydrogen) atoms. The van der Waals surface area contributed by atoms with Crippen molar-refractivity contribution < 1.29 is 0 Å². The normalized spacial score (nSPS) is 11.1. The van der Waals surface area contributed by atoms with Crippen molar-refractivity contribution in [3.8, 4) is 0 Å². The third kappa shape index (κ3) is 1.70. The van der Waals surface area contributed by atoms with Crippen LogP contribution in [0.2, 0.25) is 5.15 Å². The molecule has 0 spiro atoms. The molecular formula is C11H8ClN3S. The van der Waals surface area contributed by atoms with Gasteiger partial charge in [0.25, 0.3) is 0 Å². The number of aromatic nitrogens is 3. The first-order chi connectivity index (χ1) is 7.83. The van der Waals surface area contributed by atoms with Gasteiger partial charge in [-0.2, -0.15) is 0 Å². The average Bonchev–Trinajstić information content (AvgIpc) is 2.90. The molecule has 0 bridgehead atoms. The van der Waals surface area contributed by atoms with Crippen LogP contribution >= 0.6 is 22.9 Å². The summed E-state index contributed by atoms with van der Waals surface area (Å²) in [6.45, 7) is 0.793. The number of pyridine rings is 1. The van der Waals surface area contributed by atoms with Crippen molar-refractivity contribution in [3.63, 3.8) is 0 Å². The molecule has 0 fully saturated rings. The van der Waals surface area contributed by atoms with Gasteiger partial charge < -0.3 is 4.57 Å². The number of halogens is 1. The van der Waals surface area contributed by atoms with E-state index in [0.29, 0.717) is 5.15 Å². The van der Waals surface area contributed by atoms with Crippen LogP contribution in [0, 0.1) is 0 Å². The fourth-order valence-corrected chi connectivity index (χ4v) is 2.45. The second-order valence-electron chi connectivity index (χ2n) is 3.43. The van der Waals surface area contributed by atoms with Gasteiger partial charge in [-0.1, -0.05) is 17.7 Å². The Hall–Kier alpha value is -1.39. The second-order valence-corrected chi connectivity index (χ2v) is 4.85. The van der Waals surface area contributed by atoms with Crippen LogP contribution in [0.5, 0.6) is 0 Å². The summed E-state index contributed by atoms with van der Waals surface area (Å²) >= 11 is 7.60. The van der Waals surface area contributed by atoms with E-state index >= 15 is 0 Å². The minimum atomic E-state index is 0.500. The molecule has 0 radical (unpaired) electrons. The lowest BCUT2D eigenvalue weighted by molar-refractivity contribution is 0.827. The van der Waals surface area contributed by atoms with E-state index in [1.165, 1.54) is 4.88 Å². The highest BCUT2D eigenvalue weighted by molar-refractivity contribution is 7.09. The smallest absolute Gasteiger partial charge is 0.161 e. The van der Waals surface area contributed by atoms with Crippen molar-refractivity contribution in [2.75, 3.05) is 0 Å².